The Hall–Kier alpha value is -0.780. The molecule has 0 saturated carbocycles. The van der Waals surface area contributed by atoms with Gasteiger partial charge in [0.15, 0.2) is 5.78 Å². The first-order valence-electron chi connectivity index (χ1n) is 7.32. The number of carbonyl (C=O) groups excluding carboxylic acids is 2. The van der Waals surface area contributed by atoms with Crippen LogP contribution in [0.3, 0.4) is 0 Å². The Bertz CT molecular complexity index is 624. The van der Waals surface area contributed by atoms with Crippen LogP contribution in [0.5, 0.6) is 5.75 Å². The summed E-state index contributed by atoms with van der Waals surface area (Å²) in [6.45, 7) is 8.59. The summed E-state index contributed by atoms with van der Waals surface area (Å²) in [7, 11) is 0. The van der Waals surface area contributed by atoms with Gasteiger partial charge in [0.25, 0.3) is 0 Å². The van der Waals surface area contributed by atoms with Crippen LogP contribution in [0.2, 0.25) is 10.0 Å². The fourth-order valence-electron chi connectivity index (χ4n) is 1.58. The molecule has 1 aromatic rings. The number of hydrogen-bond acceptors (Lipinski definition) is 4. The molecule has 134 valence electrons. The minimum atomic E-state index is -0.931. The Labute approximate surface area is 160 Å². The van der Waals surface area contributed by atoms with Crippen LogP contribution in [0.25, 0.3) is 0 Å². The summed E-state index contributed by atoms with van der Waals surface area (Å²) in [6.07, 6.45) is 0. The third-order valence-corrected chi connectivity index (χ3v) is 4.31. The summed E-state index contributed by atoms with van der Waals surface area (Å²) >= 11 is 15.1. The van der Waals surface area contributed by atoms with Crippen LogP contribution in [0, 0.1) is 10.8 Å². The van der Waals surface area contributed by atoms with Crippen LogP contribution in [0.15, 0.2) is 18.2 Å². The van der Waals surface area contributed by atoms with Gasteiger partial charge < -0.3 is 9.47 Å². The Balaban J connectivity index is 2.74. The number of carbonyl (C=O) groups is 2. The van der Waals surface area contributed by atoms with E-state index >= 15 is 0 Å². The lowest BCUT2D eigenvalue weighted by Gasteiger charge is -2.27. The molecule has 1 aromatic carbocycles. The highest BCUT2D eigenvalue weighted by Gasteiger charge is 2.36. The lowest BCUT2D eigenvalue weighted by atomic mass is 9.89. The molecule has 0 aromatic heterocycles. The normalized spacial score (nSPS) is 13.3. The monoisotopic (exact) mass is 438 g/mol. The van der Waals surface area contributed by atoms with Crippen LogP contribution in [-0.2, 0) is 14.3 Å². The summed E-state index contributed by atoms with van der Waals surface area (Å²) in [4.78, 5) is 24.4. The third-order valence-electron chi connectivity index (χ3n) is 3.17. The lowest BCUT2D eigenvalue weighted by Crippen LogP contribution is -2.39. The molecule has 0 saturated heterocycles. The minimum Gasteiger partial charge on any atom is -0.470 e. The fourth-order valence-corrected chi connectivity index (χ4v) is 2.85. The maximum atomic E-state index is 12.6. The molecule has 1 atom stereocenters. The Morgan fingerprint density at radius 2 is 1.75 bits per heavy atom. The lowest BCUT2D eigenvalue weighted by molar-refractivity contribution is -0.158. The van der Waals surface area contributed by atoms with Crippen molar-refractivity contribution in [3.8, 4) is 5.75 Å². The molecule has 0 amide bonds. The molecule has 7 heteroatoms. The topological polar surface area (TPSA) is 52.6 Å². The largest absolute Gasteiger partial charge is 0.470 e. The van der Waals surface area contributed by atoms with Crippen molar-refractivity contribution in [1.29, 1.82) is 0 Å². The fraction of sp³-hybridized carbons (Fsp3) is 0.529. The molecule has 4 nitrogen and oxygen atoms in total. The van der Waals surface area contributed by atoms with Gasteiger partial charge in [0, 0.05) is 5.02 Å². The molecule has 1 unspecified atom stereocenters. The molecule has 0 N–H and O–H groups in total. The second kappa shape index (κ2) is 8.07. The molecule has 0 heterocycles. The van der Waals surface area contributed by atoms with Gasteiger partial charge in [-0.2, -0.15) is 0 Å². The molecule has 0 spiro atoms. The van der Waals surface area contributed by atoms with Crippen molar-refractivity contribution in [3.63, 3.8) is 0 Å². The molecular weight excluding hydrogens is 419 g/mol. The van der Waals surface area contributed by atoms with Gasteiger partial charge in [-0.15, -0.1) is 0 Å². The number of halogens is 3. The Kier molecular flexibility index (Phi) is 7.15. The Morgan fingerprint density at radius 3 is 2.25 bits per heavy atom. The molecule has 0 radical (unpaired) electrons. The predicted molar refractivity (Wildman–Crippen MR) is 99.0 cm³/mol. The third kappa shape index (κ3) is 5.94. The minimum absolute atomic E-state index is 0.0399. The highest BCUT2D eigenvalue weighted by atomic mass is 79.9. The van der Waals surface area contributed by atoms with Gasteiger partial charge >= 0.3 is 5.97 Å². The molecule has 0 aliphatic heterocycles. The summed E-state index contributed by atoms with van der Waals surface area (Å²) in [5.74, 6) is -0.301. The average molecular weight is 440 g/mol. The van der Waals surface area contributed by atoms with Gasteiger partial charge in [0.2, 0.25) is 5.01 Å². The van der Waals surface area contributed by atoms with E-state index in [4.69, 9.17) is 32.7 Å². The van der Waals surface area contributed by atoms with Gasteiger partial charge in [-0.3, -0.25) is 9.59 Å². The van der Waals surface area contributed by atoms with Crippen molar-refractivity contribution >= 4 is 50.9 Å². The van der Waals surface area contributed by atoms with Crippen LogP contribution < -0.4 is 4.74 Å². The van der Waals surface area contributed by atoms with Crippen molar-refractivity contribution in [1.82, 2.24) is 0 Å². The number of rotatable bonds is 6. The van der Waals surface area contributed by atoms with E-state index in [9.17, 15) is 9.59 Å². The molecular formula is C17H21BrCl2O4. The average Bonchev–Trinajstić information content (AvgIpc) is 2.45. The number of hydrogen-bond donors (Lipinski definition) is 0. The van der Waals surface area contributed by atoms with E-state index in [1.54, 1.807) is 46.8 Å². The zero-order valence-corrected chi connectivity index (χ0v) is 17.4. The van der Waals surface area contributed by atoms with E-state index in [0.29, 0.717) is 15.8 Å². The molecule has 1 rings (SSSR count). The van der Waals surface area contributed by atoms with E-state index in [1.165, 1.54) is 6.07 Å². The van der Waals surface area contributed by atoms with E-state index in [2.05, 4.69) is 15.9 Å². The summed E-state index contributed by atoms with van der Waals surface area (Å²) in [5.41, 5.74) is -1.55. The van der Waals surface area contributed by atoms with Gasteiger partial charge in [0.05, 0.1) is 15.9 Å². The quantitative estimate of drug-likeness (QED) is 0.447. The van der Waals surface area contributed by atoms with Crippen molar-refractivity contribution in [2.45, 2.75) is 39.6 Å². The van der Waals surface area contributed by atoms with Crippen LogP contribution in [0.4, 0.5) is 0 Å². The van der Waals surface area contributed by atoms with Crippen molar-refractivity contribution in [2.24, 2.45) is 10.8 Å². The smallest absolute Gasteiger partial charge is 0.311 e. The molecule has 0 fully saturated rings. The van der Waals surface area contributed by atoms with Gasteiger partial charge in [-0.25, -0.2) is 0 Å². The van der Waals surface area contributed by atoms with E-state index in [0.717, 1.165) is 0 Å². The molecule has 0 bridgehead atoms. The van der Waals surface area contributed by atoms with Crippen LogP contribution >= 0.6 is 39.1 Å². The highest BCUT2D eigenvalue weighted by molar-refractivity contribution is 9.09. The molecule has 0 aliphatic rings. The number of benzene rings is 1. The first kappa shape index (κ1) is 21.3. The number of alkyl halides is 1. The zero-order valence-electron chi connectivity index (χ0n) is 14.3. The number of Topliss-reactive ketones (excluding diaryl/α,β-unsaturated/α-hetero) is 1. The summed E-state index contributed by atoms with van der Waals surface area (Å²) < 4.78 is 10.8. The van der Waals surface area contributed by atoms with Gasteiger partial charge in [-0.1, -0.05) is 23.2 Å². The SMILES string of the molecule is CC(C)(C)C(=O)OCC(C)(C)C(=O)C(Br)Oc1ccc(Cl)cc1Cl. The maximum Gasteiger partial charge on any atom is 0.311 e. The van der Waals surface area contributed by atoms with E-state index < -0.39 is 15.8 Å². The number of esters is 1. The maximum absolute atomic E-state index is 12.6. The zero-order chi connectivity index (χ0) is 18.7. The first-order chi connectivity index (χ1) is 10.8. The van der Waals surface area contributed by atoms with Crippen molar-refractivity contribution in [2.75, 3.05) is 6.61 Å². The highest BCUT2D eigenvalue weighted by Crippen LogP contribution is 2.31. The van der Waals surface area contributed by atoms with Gasteiger partial charge in [-0.05, 0) is 68.7 Å². The molecule has 0 aliphatic carbocycles. The van der Waals surface area contributed by atoms with Gasteiger partial charge in [0.1, 0.15) is 12.4 Å². The molecule has 24 heavy (non-hydrogen) atoms. The summed E-state index contributed by atoms with van der Waals surface area (Å²) in [6, 6.07) is 4.72. The Morgan fingerprint density at radius 1 is 1.17 bits per heavy atom. The van der Waals surface area contributed by atoms with Crippen molar-refractivity contribution < 1.29 is 19.1 Å². The standard InChI is InChI=1S/C17H21BrCl2O4/c1-16(2,3)15(22)23-9-17(4,5)13(21)14(18)24-12-7-6-10(19)8-11(12)20/h6-8,14H,9H2,1-5H3. The second-order valence-electron chi connectivity index (χ2n) is 7.08. The van der Waals surface area contributed by atoms with Crippen molar-refractivity contribution in [3.05, 3.63) is 28.2 Å². The summed E-state index contributed by atoms with van der Waals surface area (Å²) in [5, 5.41) is -0.157. The first-order valence-corrected chi connectivity index (χ1v) is 8.99. The number of ether oxygens (including phenoxy) is 2. The van der Waals surface area contributed by atoms with E-state index in [1.807, 2.05) is 0 Å². The predicted octanol–water partition coefficient (Wildman–Crippen LogP) is 5.28. The second-order valence-corrected chi connectivity index (χ2v) is 8.76. The number of ketones is 1. The van der Waals surface area contributed by atoms with Crippen LogP contribution in [-0.4, -0.2) is 23.4 Å². The van der Waals surface area contributed by atoms with Crippen LogP contribution in [0.1, 0.15) is 34.6 Å². The van der Waals surface area contributed by atoms with E-state index in [-0.39, 0.29) is 18.4 Å².